The van der Waals surface area contributed by atoms with Crippen LogP contribution in [0, 0.1) is 5.41 Å². The van der Waals surface area contributed by atoms with Gasteiger partial charge in [-0.1, -0.05) is 0 Å². The van der Waals surface area contributed by atoms with Crippen LogP contribution < -0.4 is 10.6 Å². The molecule has 5 heteroatoms. The number of nitrogens with zero attached hydrogens (tertiary/aromatic N) is 2. The number of aliphatic hydroxyl groups excluding tert-OH is 1. The SMILES string of the molecule is CC(CO)N(C)c1nc2c(cc1C(=N)N)CCC2. The van der Waals surface area contributed by atoms with Crippen LogP contribution in [-0.4, -0.2) is 35.6 Å². The van der Waals surface area contributed by atoms with Gasteiger partial charge in [-0.2, -0.15) is 0 Å². The number of rotatable bonds is 4. The van der Waals surface area contributed by atoms with E-state index in [0.29, 0.717) is 11.4 Å². The van der Waals surface area contributed by atoms with E-state index in [1.165, 1.54) is 5.56 Å². The summed E-state index contributed by atoms with van der Waals surface area (Å²) in [6.07, 6.45) is 3.12. The molecular weight excluding hydrogens is 228 g/mol. The molecule has 0 saturated carbocycles. The number of anilines is 1. The molecule has 4 N–H and O–H groups in total. The summed E-state index contributed by atoms with van der Waals surface area (Å²) < 4.78 is 0. The monoisotopic (exact) mass is 248 g/mol. The molecule has 1 unspecified atom stereocenters. The van der Waals surface area contributed by atoms with Crippen molar-refractivity contribution in [1.82, 2.24) is 4.98 Å². The first-order chi connectivity index (χ1) is 8.54. The molecule has 0 radical (unpaired) electrons. The fourth-order valence-electron chi connectivity index (χ4n) is 2.26. The maximum Gasteiger partial charge on any atom is 0.139 e. The zero-order chi connectivity index (χ0) is 13.3. The third-order valence-corrected chi connectivity index (χ3v) is 3.58. The second-order valence-electron chi connectivity index (χ2n) is 4.88. The van der Waals surface area contributed by atoms with E-state index in [1.807, 2.05) is 24.9 Å². The number of hydrogen-bond acceptors (Lipinski definition) is 4. The number of nitrogens with one attached hydrogen (secondary N) is 1. The molecule has 1 atom stereocenters. The Morgan fingerprint density at radius 1 is 1.61 bits per heavy atom. The molecule has 0 spiro atoms. The van der Waals surface area contributed by atoms with Crippen molar-refractivity contribution in [3.8, 4) is 0 Å². The Balaban J connectivity index is 2.47. The van der Waals surface area contributed by atoms with E-state index < -0.39 is 0 Å². The summed E-state index contributed by atoms with van der Waals surface area (Å²) in [6, 6.07) is 1.93. The first kappa shape index (κ1) is 12.8. The number of nitrogens with two attached hydrogens (primary N) is 1. The molecule has 98 valence electrons. The van der Waals surface area contributed by atoms with Crippen LogP contribution in [0.15, 0.2) is 6.07 Å². The third kappa shape index (κ3) is 2.18. The molecule has 1 heterocycles. The molecule has 2 rings (SSSR count). The van der Waals surface area contributed by atoms with Crippen LogP contribution in [0.4, 0.5) is 5.82 Å². The van der Waals surface area contributed by atoms with Gasteiger partial charge in [-0.05, 0) is 37.8 Å². The molecule has 1 aromatic heterocycles. The Labute approximate surface area is 107 Å². The summed E-state index contributed by atoms with van der Waals surface area (Å²) in [5.74, 6) is 0.730. The van der Waals surface area contributed by atoms with E-state index in [9.17, 15) is 5.11 Å². The normalized spacial score (nSPS) is 15.3. The van der Waals surface area contributed by atoms with Crippen LogP contribution in [0.1, 0.15) is 30.2 Å². The number of hydrogen-bond donors (Lipinski definition) is 3. The molecule has 0 amide bonds. The van der Waals surface area contributed by atoms with Gasteiger partial charge in [0.2, 0.25) is 0 Å². The fraction of sp³-hybridized carbons (Fsp3) is 0.538. The molecule has 0 aromatic carbocycles. The van der Waals surface area contributed by atoms with E-state index in [1.54, 1.807) is 0 Å². The number of amidine groups is 1. The van der Waals surface area contributed by atoms with Crippen LogP contribution in [0.3, 0.4) is 0 Å². The van der Waals surface area contributed by atoms with Gasteiger partial charge in [0.1, 0.15) is 11.7 Å². The lowest BCUT2D eigenvalue weighted by molar-refractivity contribution is 0.269. The van der Waals surface area contributed by atoms with Crippen LogP contribution in [0.25, 0.3) is 0 Å². The van der Waals surface area contributed by atoms with Gasteiger partial charge in [0, 0.05) is 12.7 Å². The minimum absolute atomic E-state index is 0.0317. The van der Waals surface area contributed by atoms with Crippen LogP contribution in [0.5, 0.6) is 0 Å². The van der Waals surface area contributed by atoms with Gasteiger partial charge >= 0.3 is 0 Å². The lowest BCUT2D eigenvalue weighted by Gasteiger charge is -2.26. The Morgan fingerprint density at radius 3 is 2.94 bits per heavy atom. The van der Waals surface area contributed by atoms with Crippen molar-refractivity contribution >= 4 is 11.7 Å². The van der Waals surface area contributed by atoms with Gasteiger partial charge in [-0.3, -0.25) is 5.41 Å². The molecule has 1 aromatic rings. The van der Waals surface area contributed by atoms with E-state index in [0.717, 1.165) is 25.0 Å². The van der Waals surface area contributed by atoms with Gasteiger partial charge in [-0.25, -0.2) is 4.98 Å². The smallest absolute Gasteiger partial charge is 0.139 e. The standard InChI is InChI=1S/C13H20N4O/c1-8(7-18)17(2)13-10(12(14)15)6-9-4-3-5-11(9)16-13/h6,8,18H,3-5,7H2,1-2H3,(H3,14,15). The highest BCUT2D eigenvalue weighted by Crippen LogP contribution is 2.27. The maximum absolute atomic E-state index is 9.24. The predicted octanol–water partition coefficient (Wildman–Crippen LogP) is 0.671. The predicted molar refractivity (Wildman–Crippen MR) is 72.2 cm³/mol. The van der Waals surface area contributed by atoms with E-state index in [-0.39, 0.29) is 18.5 Å². The van der Waals surface area contributed by atoms with Crippen molar-refractivity contribution in [3.63, 3.8) is 0 Å². The Hall–Kier alpha value is -1.62. The highest BCUT2D eigenvalue weighted by atomic mass is 16.3. The second-order valence-corrected chi connectivity index (χ2v) is 4.88. The Bertz CT molecular complexity index is 472. The second kappa shape index (κ2) is 4.94. The number of likely N-dealkylation sites (N-methyl/N-ethyl adjacent to an activating group) is 1. The zero-order valence-electron chi connectivity index (χ0n) is 10.9. The Morgan fingerprint density at radius 2 is 2.33 bits per heavy atom. The quantitative estimate of drug-likeness (QED) is 0.540. The molecular formula is C13H20N4O. The number of aryl methyl sites for hydroxylation is 2. The van der Waals surface area contributed by atoms with Crippen molar-refractivity contribution in [2.24, 2.45) is 5.73 Å². The molecule has 0 saturated heterocycles. The van der Waals surface area contributed by atoms with Crippen molar-refractivity contribution in [1.29, 1.82) is 5.41 Å². The highest BCUT2D eigenvalue weighted by Gasteiger charge is 2.21. The Kier molecular flexibility index (Phi) is 3.52. The number of fused-ring (bicyclic) bond motifs is 1. The van der Waals surface area contributed by atoms with Crippen molar-refractivity contribution in [2.75, 3.05) is 18.6 Å². The molecule has 18 heavy (non-hydrogen) atoms. The van der Waals surface area contributed by atoms with Gasteiger partial charge < -0.3 is 15.7 Å². The summed E-state index contributed by atoms with van der Waals surface area (Å²) in [5.41, 5.74) is 8.61. The average Bonchev–Trinajstić information content (AvgIpc) is 2.82. The van der Waals surface area contributed by atoms with Crippen LogP contribution in [0.2, 0.25) is 0 Å². The highest BCUT2D eigenvalue weighted by molar-refractivity contribution is 6.00. The molecule has 1 aliphatic rings. The van der Waals surface area contributed by atoms with Crippen LogP contribution in [-0.2, 0) is 12.8 Å². The van der Waals surface area contributed by atoms with E-state index >= 15 is 0 Å². The summed E-state index contributed by atoms with van der Waals surface area (Å²) in [7, 11) is 1.87. The van der Waals surface area contributed by atoms with Gasteiger partial charge in [0.25, 0.3) is 0 Å². The van der Waals surface area contributed by atoms with Gasteiger partial charge in [0.05, 0.1) is 18.2 Å². The van der Waals surface area contributed by atoms with Crippen molar-refractivity contribution < 1.29 is 5.11 Å². The number of pyridine rings is 1. The molecule has 5 nitrogen and oxygen atoms in total. The van der Waals surface area contributed by atoms with Crippen LogP contribution >= 0.6 is 0 Å². The maximum atomic E-state index is 9.24. The summed E-state index contributed by atoms with van der Waals surface area (Å²) in [4.78, 5) is 6.52. The number of aromatic nitrogens is 1. The largest absolute Gasteiger partial charge is 0.394 e. The van der Waals surface area contributed by atoms with Crippen molar-refractivity contribution in [3.05, 3.63) is 22.9 Å². The number of nitrogen functional groups attached to an aromatic ring is 1. The molecule has 0 aliphatic heterocycles. The topological polar surface area (TPSA) is 86.2 Å². The fourth-order valence-corrected chi connectivity index (χ4v) is 2.26. The molecule has 1 aliphatic carbocycles. The number of aliphatic hydroxyl groups is 1. The first-order valence-corrected chi connectivity index (χ1v) is 6.25. The summed E-state index contributed by atoms with van der Waals surface area (Å²) in [5, 5.41) is 16.9. The lowest BCUT2D eigenvalue weighted by Crippen LogP contribution is -2.34. The van der Waals surface area contributed by atoms with Crippen molar-refractivity contribution in [2.45, 2.75) is 32.2 Å². The molecule has 0 fully saturated rings. The lowest BCUT2D eigenvalue weighted by atomic mass is 10.1. The average molecular weight is 248 g/mol. The third-order valence-electron chi connectivity index (χ3n) is 3.58. The zero-order valence-corrected chi connectivity index (χ0v) is 10.9. The summed E-state index contributed by atoms with van der Waals surface area (Å²) >= 11 is 0. The van der Waals surface area contributed by atoms with E-state index in [4.69, 9.17) is 11.1 Å². The summed E-state index contributed by atoms with van der Waals surface area (Å²) in [6.45, 7) is 1.96. The van der Waals surface area contributed by atoms with E-state index in [2.05, 4.69) is 4.98 Å². The minimum Gasteiger partial charge on any atom is -0.394 e. The first-order valence-electron chi connectivity index (χ1n) is 6.25. The van der Waals surface area contributed by atoms with Gasteiger partial charge in [0.15, 0.2) is 0 Å². The van der Waals surface area contributed by atoms with Gasteiger partial charge in [-0.15, -0.1) is 0 Å². The molecule has 0 bridgehead atoms. The minimum atomic E-state index is -0.0462.